The number of carboxylic acids is 1. The van der Waals surface area contributed by atoms with Gasteiger partial charge in [0.1, 0.15) is 5.69 Å². The van der Waals surface area contributed by atoms with Gasteiger partial charge in [0, 0.05) is 6.07 Å². The maximum atomic E-state index is 11.4. The molecule has 0 atom stereocenters. The largest absolute Gasteiger partial charge is 0.480 e. The molecule has 18 heavy (non-hydrogen) atoms. The van der Waals surface area contributed by atoms with Crippen LogP contribution in [0.5, 0.6) is 0 Å². The van der Waals surface area contributed by atoms with E-state index in [2.05, 4.69) is 0 Å². The minimum absolute atomic E-state index is 0.258. The summed E-state index contributed by atoms with van der Waals surface area (Å²) in [6, 6.07) is 3.89. The summed E-state index contributed by atoms with van der Waals surface area (Å²) in [5.41, 5.74) is -0.0984. The number of nitrogens with one attached hydrogen (secondary N) is 1. The topological polar surface area (TPSA) is 127 Å². The van der Waals surface area contributed by atoms with Crippen molar-refractivity contribution in [2.75, 3.05) is 10.5 Å². The second-order valence-corrected chi connectivity index (χ2v) is 5.25. The van der Waals surface area contributed by atoms with E-state index in [0.717, 1.165) is 0 Å². The molecule has 0 saturated carbocycles. The Morgan fingerprint density at radius 1 is 1.50 bits per heavy atom. The first-order chi connectivity index (χ1) is 8.21. The number of hydrogen-bond donors (Lipinski definition) is 2. The van der Waals surface area contributed by atoms with Gasteiger partial charge in [-0.2, -0.15) is 0 Å². The van der Waals surface area contributed by atoms with E-state index < -0.39 is 32.4 Å². The summed E-state index contributed by atoms with van der Waals surface area (Å²) in [6.07, 6.45) is 0. The molecule has 2 N–H and O–H groups in total. The number of carbonyl (C=O) groups is 1. The van der Waals surface area contributed by atoms with Crippen molar-refractivity contribution in [3.05, 3.63) is 33.9 Å². The SMILES string of the molecule is Cc1ccc(NS(=O)(=O)CC(=O)O)c([N+](=O)[O-])c1. The summed E-state index contributed by atoms with van der Waals surface area (Å²) >= 11 is 0. The monoisotopic (exact) mass is 274 g/mol. The van der Waals surface area contributed by atoms with Gasteiger partial charge in [-0.25, -0.2) is 8.42 Å². The van der Waals surface area contributed by atoms with Gasteiger partial charge in [-0.3, -0.25) is 19.6 Å². The van der Waals surface area contributed by atoms with Crippen molar-refractivity contribution in [1.29, 1.82) is 0 Å². The number of aryl methyl sites for hydroxylation is 1. The molecule has 0 saturated heterocycles. The number of rotatable bonds is 5. The van der Waals surface area contributed by atoms with Gasteiger partial charge in [0.2, 0.25) is 10.0 Å². The van der Waals surface area contributed by atoms with Crippen LogP contribution < -0.4 is 4.72 Å². The number of carboxylic acid groups (broad SMARTS) is 1. The lowest BCUT2D eigenvalue weighted by Crippen LogP contribution is -2.22. The molecule has 1 aromatic rings. The Hall–Kier alpha value is -2.16. The normalized spacial score (nSPS) is 10.9. The molecule has 0 aliphatic heterocycles. The average Bonchev–Trinajstić information content (AvgIpc) is 2.18. The molecular formula is C9H10N2O6S. The van der Waals surface area contributed by atoms with Gasteiger partial charge in [0.05, 0.1) is 4.92 Å². The van der Waals surface area contributed by atoms with Crippen molar-refractivity contribution in [3.8, 4) is 0 Å². The highest BCUT2D eigenvalue weighted by molar-refractivity contribution is 7.93. The zero-order chi connectivity index (χ0) is 13.9. The quantitative estimate of drug-likeness (QED) is 0.602. The molecule has 0 radical (unpaired) electrons. The minimum Gasteiger partial charge on any atom is -0.480 e. The predicted octanol–water partition coefficient (Wildman–Crippen LogP) is 0.730. The molecule has 0 aromatic heterocycles. The maximum Gasteiger partial charge on any atom is 0.320 e. The highest BCUT2D eigenvalue weighted by Gasteiger charge is 2.21. The lowest BCUT2D eigenvalue weighted by molar-refractivity contribution is -0.383. The van der Waals surface area contributed by atoms with E-state index in [0.29, 0.717) is 5.56 Å². The van der Waals surface area contributed by atoms with Crippen molar-refractivity contribution in [2.24, 2.45) is 0 Å². The fraction of sp³-hybridized carbons (Fsp3) is 0.222. The number of nitro benzene ring substituents is 1. The zero-order valence-electron chi connectivity index (χ0n) is 9.28. The first-order valence-corrected chi connectivity index (χ1v) is 6.34. The number of anilines is 1. The molecule has 9 heteroatoms. The Balaban J connectivity index is 3.12. The van der Waals surface area contributed by atoms with Crippen LogP contribution in [0.2, 0.25) is 0 Å². The van der Waals surface area contributed by atoms with Gasteiger partial charge in [0.25, 0.3) is 5.69 Å². The molecule has 0 aliphatic carbocycles. The van der Waals surface area contributed by atoms with E-state index in [1.165, 1.54) is 18.2 Å². The minimum atomic E-state index is -4.16. The summed E-state index contributed by atoms with van der Waals surface area (Å²) in [7, 11) is -4.16. The van der Waals surface area contributed by atoms with E-state index in [9.17, 15) is 23.3 Å². The second-order valence-electron chi connectivity index (χ2n) is 3.53. The smallest absolute Gasteiger partial charge is 0.320 e. The van der Waals surface area contributed by atoms with E-state index in [4.69, 9.17) is 5.11 Å². The van der Waals surface area contributed by atoms with Gasteiger partial charge in [-0.15, -0.1) is 0 Å². The van der Waals surface area contributed by atoms with Crippen molar-refractivity contribution in [2.45, 2.75) is 6.92 Å². The first-order valence-electron chi connectivity index (χ1n) is 4.68. The third-order valence-electron chi connectivity index (χ3n) is 1.93. The number of sulfonamides is 1. The molecule has 0 bridgehead atoms. The Morgan fingerprint density at radius 3 is 2.61 bits per heavy atom. The van der Waals surface area contributed by atoms with Crippen LogP contribution in [-0.4, -0.2) is 30.2 Å². The van der Waals surface area contributed by atoms with Gasteiger partial charge in [0.15, 0.2) is 5.75 Å². The molecule has 1 rings (SSSR count). The van der Waals surface area contributed by atoms with Crippen LogP contribution in [0.25, 0.3) is 0 Å². The predicted molar refractivity (Wildman–Crippen MR) is 62.9 cm³/mol. The van der Waals surface area contributed by atoms with Crippen molar-refractivity contribution < 1.29 is 23.2 Å². The van der Waals surface area contributed by atoms with Crippen LogP contribution in [0.3, 0.4) is 0 Å². The first kappa shape index (κ1) is 13.9. The molecule has 98 valence electrons. The Labute approximate surface area is 102 Å². The summed E-state index contributed by atoms with van der Waals surface area (Å²) in [5.74, 6) is -2.70. The van der Waals surface area contributed by atoms with Gasteiger partial charge in [-0.1, -0.05) is 6.07 Å². The summed E-state index contributed by atoms with van der Waals surface area (Å²) < 4.78 is 24.6. The molecule has 0 unspecified atom stereocenters. The van der Waals surface area contributed by atoms with Gasteiger partial charge in [-0.05, 0) is 18.6 Å². The van der Waals surface area contributed by atoms with Crippen LogP contribution in [0, 0.1) is 17.0 Å². The Kier molecular flexibility index (Phi) is 3.86. The number of nitro groups is 1. The van der Waals surface area contributed by atoms with E-state index in [1.807, 2.05) is 4.72 Å². The van der Waals surface area contributed by atoms with Gasteiger partial charge >= 0.3 is 5.97 Å². The molecule has 0 aliphatic rings. The van der Waals surface area contributed by atoms with Crippen molar-refractivity contribution in [3.63, 3.8) is 0 Å². The van der Waals surface area contributed by atoms with Crippen LogP contribution in [0.15, 0.2) is 18.2 Å². The molecule has 1 aromatic carbocycles. The molecule has 0 heterocycles. The maximum absolute atomic E-state index is 11.4. The molecule has 0 fully saturated rings. The summed E-state index contributed by atoms with van der Waals surface area (Å²) in [6.45, 7) is 1.61. The van der Waals surface area contributed by atoms with Crippen molar-refractivity contribution in [1.82, 2.24) is 0 Å². The van der Waals surface area contributed by atoms with Gasteiger partial charge < -0.3 is 5.11 Å². The summed E-state index contributed by atoms with van der Waals surface area (Å²) in [5, 5.41) is 19.1. The standard InChI is InChI=1S/C9H10N2O6S/c1-6-2-3-7(8(4-6)11(14)15)10-18(16,17)5-9(12)13/h2-4,10H,5H2,1H3,(H,12,13). The van der Waals surface area contributed by atoms with Crippen LogP contribution >= 0.6 is 0 Å². The van der Waals surface area contributed by atoms with E-state index >= 15 is 0 Å². The lowest BCUT2D eigenvalue weighted by Gasteiger charge is -2.07. The lowest BCUT2D eigenvalue weighted by atomic mass is 10.2. The molecule has 0 spiro atoms. The number of hydrogen-bond acceptors (Lipinski definition) is 5. The third-order valence-corrected chi connectivity index (χ3v) is 3.09. The highest BCUT2D eigenvalue weighted by atomic mass is 32.2. The highest BCUT2D eigenvalue weighted by Crippen LogP contribution is 2.26. The molecule has 8 nitrogen and oxygen atoms in total. The number of nitrogens with zero attached hydrogens (tertiary/aromatic N) is 1. The molecule has 0 amide bonds. The van der Waals surface area contributed by atoms with Crippen LogP contribution in [-0.2, 0) is 14.8 Å². The second kappa shape index (κ2) is 5.00. The third kappa shape index (κ3) is 3.70. The zero-order valence-corrected chi connectivity index (χ0v) is 10.1. The van der Waals surface area contributed by atoms with E-state index in [-0.39, 0.29) is 5.69 Å². The number of aliphatic carboxylic acids is 1. The average molecular weight is 274 g/mol. The number of benzene rings is 1. The Bertz CT molecular complexity index is 595. The van der Waals surface area contributed by atoms with Crippen LogP contribution in [0.4, 0.5) is 11.4 Å². The molecular weight excluding hydrogens is 264 g/mol. The van der Waals surface area contributed by atoms with Crippen molar-refractivity contribution >= 4 is 27.4 Å². The summed E-state index contributed by atoms with van der Waals surface area (Å²) in [4.78, 5) is 20.3. The fourth-order valence-corrected chi connectivity index (χ4v) is 2.15. The van der Waals surface area contributed by atoms with Crippen LogP contribution in [0.1, 0.15) is 5.56 Å². The van der Waals surface area contributed by atoms with E-state index in [1.54, 1.807) is 6.92 Å². The fourth-order valence-electron chi connectivity index (χ4n) is 1.25. The Morgan fingerprint density at radius 2 is 2.11 bits per heavy atom.